The fraction of sp³-hybridized carbons (Fsp3) is 0.556. The highest BCUT2D eigenvalue weighted by molar-refractivity contribution is 6.74. The molecule has 3 amide bonds. The maximum absolute atomic E-state index is 14.2. The van der Waals surface area contributed by atoms with E-state index in [4.69, 9.17) is 20.6 Å². The summed E-state index contributed by atoms with van der Waals surface area (Å²) in [5.41, 5.74) is 12.2. The van der Waals surface area contributed by atoms with Crippen molar-refractivity contribution in [2.24, 2.45) is 28.3 Å². The van der Waals surface area contributed by atoms with Crippen molar-refractivity contribution in [3.05, 3.63) is 71.8 Å². The van der Waals surface area contributed by atoms with Gasteiger partial charge in [0.05, 0.1) is 12.1 Å². The molecule has 0 aromatic heterocycles. The van der Waals surface area contributed by atoms with Crippen molar-refractivity contribution in [2.75, 3.05) is 0 Å². The zero-order valence-electron chi connectivity index (χ0n) is 29.9. The van der Waals surface area contributed by atoms with Gasteiger partial charge >= 0.3 is 6.09 Å². The first-order valence-corrected chi connectivity index (χ1v) is 19.3. The average molecular weight is 668 g/mol. The van der Waals surface area contributed by atoms with Gasteiger partial charge in [-0.2, -0.15) is 4.99 Å². The van der Waals surface area contributed by atoms with Crippen LogP contribution in [0.25, 0.3) is 0 Å². The molecule has 2 rings (SSSR count). The van der Waals surface area contributed by atoms with Crippen LogP contribution in [0, 0.1) is 11.8 Å². The van der Waals surface area contributed by atoms with E-state index >= 15 is 0 Å². The average Bonchev–Trinajstić information content (AvgIpc) is 2.93. The fourth-order valence-corrected chi connectivity index (χ4v) is 6.27. The van der Waals surface area contributed by atoms with Crippen LogP contribution in [0.3, 0.4) is 0 Å². The molecule has 2 aromatic carbocycles. The van der Waals surface area contributed by atoms with Gasteiger partial charge in [-0.25, -0.2) is 4.79 Å². The van der Waals surface area contributed by atoms with Gasteiger partial charge in [-0.3, -0.25) is 9.59 Å². The second-order valence-electron chi connectivity index (χ2n) is 15.1. The lowest BCUT2D eigenvalue weighted by atomic mass is 9.88. The van der Waals surface area contributed by atoms with Gasteiger partial charge in [-0.1, -0.05) is 95.3 Å². The molecule has 0 aliphatic heterocycles. The van der Waals surface area contributed by atoms with E-state index in [2.05, 4.69) is 49.5 Å². The van der Waals surface area contributed by atoms with E-state index < -0.39 is 50.0 Å². The van der Waals surface area contributed by atoms with Gasteiger partial charge in [0.2, 0.25) is 5.91 Å². The molecule has 6 N–H and O–H groups in total. The summed E-state index contributed by atoms with van der Waals surface area (Å²) in [6.07, 6.45) is -0.0306. The highest BCUT2D eigenvalue weighted by Crippen LogP contribution is 2.39. The van der Waals surface area contributed by atoms with Crippen LogP contribution in [0.5, 0.6) is 0 Å². The summed E-state index contributed by atoms with van der Waals surface area (Å²) in [7, 11) is -2.45. The quantitative estimate of drug-likeness (QED) is 0.114. The molecule has 0 aliphatic carbocycles. The number of nitrogens with zero attached hydrogens (tertiary/aromatic N) is 1. The van der Waals surface area contributed by atoms with Gasteiger partial charge < -0.3 is 31.3 Å². The Kier molecular flexibility index (Phi) is 14.2. The number of nitrogens with one attached hydrogen (secondary N) is 2. The van der Waals surface area contributed by atoms with E-state index in [9.17, 15) is 14.4 Å². The lowest BCUT2D eigenvalue weighted by Crippen LogP contribution is -2.55. The molecule has 0 saturated carbocycles. The molecule has 47 heavy (non-hydrogen) atoms. The molecule has 10 nitrogen and oxygen atoms in total. The lowest BCUT2D eigenvalue weighted by Gasteiger charge is -2.42. The standard InChI is InChI=1S/C36H57N5O5Si/c1-24(2)30(32(43)41-33(37)38)40-31(42)27(21-25-17-13-11-14-18-25)23-29(46-47(9,10)36(6,7)8)28(22-26-19-15-12-16-20-26)39-34(44)45-35(3,4)5/h11-20,24,27-30H,21-23H2,1-10H3,(H,39,44)(H,40,42)(H4,37,38,41,43)/t27?,28-,29-,30+/m0/s1. The zero-order chi connectivity index (χ0) is 35.6. The summed E-state index contributed by atoms with van der Waals surface area (Å²) in [5.74, 6) is -2.21. The van der Waals surface area contributed by atoms with Crippen LogP contribution in [-0.4, -0.2) is 56.0 Å². The Morgan fingerprint density at radius 1 is 0.830 bits per heavy atom. The number of benzene rings is 2. The minimum atomic E-state index is -2.45. The predicted octanol–water partition coefficient (Wildman–Crippen LogP) is 5.70. The summed E-state index contributed by atoms with van der Waals surface area (Å²) in [6, 6.07) is 18.1. The Morgan fingerprint density at radius 2 is 1.34 bits per heavy atom. The highest BCUT2D eigenvalue weighted by atomic mass is 28.4. The molecular formula is C36H57N5O5Si. The third-order valence-electron chi connectivity index (χ3n) is 8.38. The highest BCUT2D eigenvalue weighted by Gasteiger charge is 2.43. The Bertz CT molecular complexity index is 1330. The number of ether oxygens (including phenoxy) is 1. The van der Waals surface area contributed by atoms with Gasteiger partial charge in [0.15, 0.2) is 14.3 Å². The molecule has 260 valence electrons. The van der Waals surface area contributed by atoms with Gasteiger partial charge in [0.25, 0.3) is 5.91 Å². The smallest absolute Gasteiger partial charge is 0.407 e. The van der Waals surface area contributed by atoms with E-state index in [0.717, 1.165) is 11.1 Å². The van der Waals surface area contributed by atoms with Gasteiger partial charge in [0, 0.05) is 5.92 Å². The molecule has 0 spiro atoms. The van der Waals surface area contributed by atoms with Crippen LogP contribution < -0.4 is 22.1 Å². The summed E-state index contributed by atoms with van der Waals surface area (Å²) in [6.45, 7) is 19.9. The number of nitrogens with two attached hydrogens (primary N) is 2. The largest absolute Gasteiger partial charge is 0.444 e. The number of carbonyl (C=O) groups is 3. The van der Waals surface area contributed by atoms with Gasteiger partial charge in [-0.15, -0.1) is 0 Å². The minimum absolute atomic E-state index is 0.152. The number of hydrogen-bond donors (Lipinski definition) is 4. The Morgan fingerprint density at radius 3 is 1.79 bits per heavy atom. The molecule has 0 radical (unpaired) electrons. The van der Waals surface area contributed by atoms with Crippen molar-refractivity contribution in [3.8, 4) is 0 Å². The molecule has 4 atom stereocenters. The van der Waals surface area contributed by atoms with Crippen LogP contribution in [0.15, 0.2) is 65.7 Å². The summed E-state index contributed by atoms with van der Waals surface area (Å²) in [4.78, 5) is 44.1. The van der Waals surface area contributed by atoms with E-state index in [1.54, 1.807) is 0 Å². The number of guanidine groups is 1. The number of rotatable bonds is 14. The number of carbonyl (C=O) groups excluding carboxylic acids is 3. The van der Waals surface area contributed by atoms with Gasteiger partial charge in [-0.05, 0) is 75.2 Å². The lowest BCUT2D eigenvalue weighted by molar-refractivity contribution is -0.131. The number of aliphatic imine (C=N–C) groups is 1. The molecule has 0 bridgehead atoms. The minimum Gasteiger partial charge on any atom is -0.444 e. The van der Waals surface area contributed by atoms with E-state index in [0.29, 0.717) is 12.8 Å². The number of hydrogen-bond acceptors (Lipinski definition) is 5. The van der Waals surface area contributed by atoms with Crippen LogP contribution in [0.1, 0.15) is 72.9 Å². The molecule has 2 aromatic rings. The molecule has 11 heteroatoms. The molecule has 0 heterocycles. The normalized spacial score (nSPS) is 14.8. The molecule has 0 fully saturated rings. The Balaban J connectivity index is 2.64. The van der Waals surface area contributed by atoms with Crippen LogP contribution in [0.4, 0.5) is 4.79 Å². The summed E-state index contributed by atoms with van der Waals surface area (Å²) in [5, 5.41) is 5.89. The first-order chi connectivity index (χ1) is 21.7. The third-order valence-corrected chi connectivity index (χ3v) is 12.9. The Hall–Kier alpha value is -3.70. The van der Waals surface area contributed by atoms with Crippen molar-refractivity contribution in [3.63, 3.8) is 0 Å². The van der Waals surface area contributed by atoms with Crippen molar-refractivity contribution in [2.45, 2.75) is 117 Å². The fourth-order valence-electron chi connectivity index (χ4n) is 4.90. The van der Waals surface area contributed by atoms with Crippen molar-refractivity contribution in [1.29, 1.82) is 0 Å². The molecule has 1 unspecified atom stereocenters. The maximum Gasteiger partial charge on any atom is 0.407 e. The summed E-state index contributed by atoms with van der Waals surface area (Å²) < 4.78 is 12.8. The van der Waals surface area contributed by atoms with E-state index in [-0.39, 0.29) is 29.2 Å². The second kappa shape index (κ2) is 16.9. The number of alkyl carbamates (subject to hydrolysis) is 1. The first kappa shape index (κ1) is 39.5. The van der Waals surface area contributed by atoms with Gasteiger partial charge in [0.1, 0.15) is 11.6 Å². The second-order valence-corrected chi connectivity index (χ2v) is 19.8. The monoisotopic (exact) mass is 667 g/mol. The zero-order valence-corrected chi connectivity index (χ0v) is 30.9. The maximum atomic E-state index is 14.2. The molecule has 0 saturated heterocycles. The molecule has 0 aliphatic rings. The topological polar surface area (TPSA) is 158 Å². The molecular weight excluding hydrogens is 611 g/mol. The van der Waals surface area contributed by atoms with Crippen molar-refractivity contribution >= 4 is 32.2 Å². The SMILES string of the molecule is CC(C)[C@@H](NC(=O)C(Cc1ccccc1)C[C@H](O[Si](C)(C)C(C)(C)C)[C@H](Cc1ccccc1)NC(=O)OC(C)(C)C)C(=O)N=C(N)N. The van der Waals surface area contributed by atoms with Crippen LogP contribution in [-0.2, 0) is 31.6 Å². The van der Waals surface area contributed by atoms with E-state index in [1.165, 1.54) is 0 Å². The van der Waals surface area contributed by atoms with E-state index in [1.807, 2.05) is 95.3 Å². The van der Waals surface area contributed by atoms with Crippen LogP contribution >= 0.6 is 0 Å². The number of amides is 3. The van der Waals surface area contributed by atoms with Crippen LogP contribution in [0.2, 0.25) is 18.1 Å². The first-order valence-electron chi connectivity index (χ1n) is 16.4. The Labute approximate surface area is 282 Å². The summed E-state index contributed by atoms with van der Waals surface area (Å²) >= 11 is 0. The third kappa shape index (κ3) is 13.5. The predicted molar refractivity (Wildman–Crippen MR) is 191 cm³/mol. The van der Waals surface area contributed by atoms with Crippen molar-refractivity contribution in [1.82, 2.24) is 10.6 Å². The van der Waals surface area contributed by atoms with Crippen molar-refractivity contribution < 1.29 is 23.5 Å².